The highest BCUT2D eigenvalue weighted by Crippen LogP contribution is 2.29. The second-order valence-electron chi connectivity index (χ2n) is 6.71. The van der Waals surface area contributed by atoms with Crippen LogP contribution in [-0.4, -0.2) is 17.1 Å². The van der Waals surface area contributed by atoms with Gasteiger partial charge in [-0.05, 0) is 38.7 Å². The van der Waals surface area contributed by atoms with Crippen molar-refractivity contribution in [2.45, 2.75) is 53.5 Å². The molecule has 3 heteroatoms. The summed E-state index contributed by atoms with van der Waals surface area (Å²) in [5.41, 5.74) is 1.51. The van der Waals surface area contributed by atoms with Gasteiger partial charge in [-0.25, -0.2) is 4.98 Å². The van der Waals surface area contributed by atoms with Crippen molar-refractivity contribution in [3.05, 3.63) is 18.3 Å². The molecule has 0 unspecified atom stereocenters. The number of nitrogens with zero attached hydrogens (tertiary/aromatic N) is 1. The molecule has 0 fully saturated rings. The highest BCUT2D eigenvalue weighted by Gasteiger charge is 2.25. The summed E-state index contributed by atoms with van der Waals surface area (Å²) < 4.78 is 0. The lowest BCUT2D eigenvalue weighted by Crippen LogP contribution is -2.35. The first-order chi connectivity index (χ1) is 8.22. The molecule has 0 bridgehead atoms. The van der Waals surface area contributed by atoms with E-state index in [2.05, 4.69) is 63.2 Å². The molecule has 0 saturated carbocycles. The van der Waals surface area contributed by atoms with Crippen LogP contribution in [0.2, 0.25) is 0 Å². The van der Waals surface area contributed by atoms with Crippen molar-refractivity contribution in [1.82, 2.24) is 4.98 Å². The van der Waals surface area contributed by atoms with E-state index in [0.29, 0.717) is 5.41 Å². The molecule has 0 saturated heterocycles. The summed E-state index contributed by atoms with van der Waals surface area (Å²) in [5, 5.41) is 6.82. The van der Waals surface area contributed by atoms with Gasteiger partial charge in [-0.15, -0.1) is 0 Å². The molecule has 3 nitrogen and oxygen atoms in total. The van der Waals surface area contributed by atoms with Crippen LogP contribution in [-0.2, 0) is 0 Å². The van der Waals surface area contributed by atoms with Crippen LogP contribution in [0.15, 0.2) is 18.3 Å². The highest BCUT2D eigenvalue weighted by molar-refractivity contribution is 5.53. The minimum Gasteiger partial charge on any atom is -0.380 e. The number of hydrogen-bond acceptors (Lipinski definition) is 3. The Morgan fingerprint density at radius 2 is 1.83 bits per heavy atom. The molecule has 0 amide bonds. The Morgan fingerprint density at radius 3 is 2.39 bits per heavy atom. The van der Waals surface area contributed by atoms with Gasteiger partial charge in [0.15, 0.2) is 0 Å². The maximum Gasteiger partial charge on any atom is 0.127 e. The lowest BCUT2D eigenvalue weighted by Gasteiger charge is -2.34. The predicted octanol–water partition coefficient (Wildman–Crippen LogP) is 4.14. The summed E-state index contributed by atoms with van der Waals surface area (Å²) >= 11 is 0. The lowest BCUT2D eigenvalue weighted by molar-refractivity contribution is 0.302. The first-order valence-electron chi connectivity index (χ1n) is 6.70. The largest absolute Gasteiger partial charge is 0.380 e. The zero-order valence-electron chi connectivity index (χ0n) is 12.6. The van der Waals surface area contributed by atoms with E-state index in [4.69, 9.17) is 0 Å². The van der Waals surface area contributed by atoms with E-state index in [1.807, 2.05) is 12.3 Å². The van der Waals surface area contributed by atoms with Crippen molar-refractivity contribution in [1.29, 1.82) is 0 Å². The van der Waals surface area contributed by atoms with Crippen molar-refractivity contribution in [2.75, 3.05) is 17.2 Å². The van der Waals surface area contributed by atoms with Gasteiger partial charge in [0.2, 0.25) is 0 Å². The number of aromatic nitrogens is 1. The molecule has 0 aliphatic heterocycles. The fraction of sp³-hybridized carbons (Fsp3) is 0.667. The van der Waals surface area contributed by atoms with Crippen LogP contribution in [0.4, 0.5) is 11.5 Å². The molecule has 0 spiro atoms. The highest BCUT2D eigenvalue weighted by atomic mass is 15.0. The number of hydrogen-bond donors (Lipinski definition) is 2. The quantitative estimate of drug-likeness (QED) is 0.823. The summed E-state index contributed by atoms with van der Waals surface area (Å²) in [4.78, 5) is 4.28. The molecular formula is C15H27N3. The van der Waals surface area contributed by atoms with Gasteiger partial charge in [-0.2, -0.15) is 0 Å². The van der Waals surface area contributed by atoms with E-state index >= 15 is 0 Å². The Morgan fingerprint density at radius 1 is 1.17 bits per heavy atom. The van der Waals surface area contributed by atoms with Crippen molar-refractivity contribution >= 4 is 11.5 Å². The molecule has 0 atom stereocenters. The zero-order valence-corrected chi connectivity index (χ0v) is 12.6. The third kappa shape index (κ3) is 5.39. The van der Waals surface area contributed by atoms with Gasteiger partial charge in [0, 0.05) is 30.0 Å². The second kappa shape index (κ2) is 5.59. The average Bonchev–Trinajstić information content (AvgIpc) is 2.13. The smallest absolute Gasteiger partial charge is 0.127 e. The fourth-order valence-corrected chi connectivity index (χ4v) is 2.55. The maximum atomic E-state index is 4.28. The number of anilines is 2. The van der Waals surface area contributed by atoms with Crippen molar-refractivity contribution < 1.29 is 0 Å². The molecule has 0 radical (unpaired) electrons. The van der Waals surface area contributed by atoms with Gasteiger partial charge < -0.3 is 10.6 Å². The van der Waals surface area contributed by atoms with Crippen LogP contribution < -0.4 is 10.6 Å². The Hall–Kier alpha value is -1.25. The molecule has 0 aliphatic carbocycles. The predicted molar refractivity (Wildman–Crippen MR) is 80.2 cm³/mol. The minimum atomic E-state index is 0.0725. The van der Waals surface area contributed by atoms with Gasteiger partial charge in [0.25, 0.3) is 0 Å². The van der Waals surface area contributed by atoms with Crippen molar-refractivity contribution in [2.24, 2.45) is 5.41 Å². The minimum absolute atomic E-state index is 0.0725. The number of rotatable bonds is 5. The second-order valence-corrected chi connectivity index (χ2v) is 6.71. The Kier molecular flexibility index (Phi) is 4.60. The Labute approximate surface area is 111 Å². The van der Waals surface area contributed by atoms with Crippen LogP contribution in [0, 0.1) is 5.41 Å². The Balaban J connectivity index is 2.74. The van der Waals surface area contributed by atoms with E-state index in [0.717, 1.165) is 24.5 Å². The third-order valence-electron chi connectivity index (χ3n) is 2.57. The molecule has 1 heterocycles. The van der Waals surface area contributed by atoms with Gasteiger partial charge in [-0.3, -0.25) is 0 Å². The summed E-state index contributed by atoms with van der Waals surface area (Å²) in [6.45, 7) is 14.3. The van der Waals surface area contributed by atoms with Crippen LogP contribution in [0.5, 0.6) is 0 Å². The molecular weight excluding hydrogens is 222 g/mol. The van der Waals surface area contributed by atoms with Gasteiger partial charge >= 0.3 is 0 Å². The third-order valence-corrected chi connectivity index (χ3v) is 2.57. The fourth-order valence-electron chi connectivity index (χ4n) is 2.55. The SMILES string of the molecule is CCNc1cc(NC(C)(C)CC(C)(C)C)ccn1. The Bertz CT molecular complexity index is 378. The van der Waals surface area contributed by atoms with Gasteiger partial charge in [-0.1, -0.05) is 20.8 Å². The number of pyridine rings is 1. The summed E-state index contributed by atoms with van der Waals surface area (Å²) in [6, 6.07) is 4.08. The monoisotopic (exact) mass is 249 g/mol. The van der Waals surface area contributed by atoms with Crippen LogP contribution in [0.25, 0.3) is 0 Å². The molecule has 0 aromatic carbocycles. The van der Waals surface area contributed by atoms with E-state index in [1.165, 1.54) is 0 Å². The summed E-state index contributed by atoms with van der Waals surface area (Å²) in [6.07, 6.45) is 2.95. The molecule has 1 rings (SSSR count). The molecule has 18 heavy (non-hydrogen) atoms. The normalized spacial score (nSPS) is 12.3. The molecule has 102 valence electrons. The van der Waals surface area contributed by atoms with Crippen LogP contribution in [0.3, 0.4) is 0 Å². The average molecular weight is 249 g/mol. The van der Waals surface area contributed by atoms with E-state index in [1.54, 1.807) is 0 Å². The first kappa shape index (κ1) is 14.8. The van der Waals surface area contributed by atoms with Gasteiger partial charge in [0.05, 0.1) is 0 Å². The standard InChI is InChI=1S/C15H27N3/c1-7-16-13-10-12(8-9-17-13)18-15(5,6)11-14(2,3)4/h8-10H,7,11H2,1-6H3,(H2,16,17,18). The summed E-state index contributed by atoms with van der Waals surface area (Å²) in [5.74, 6) is 0.925. The zero-order chi connectivity index (χ0) is 13.8. The molecule has 1 aromatic heterocycles. The van der Waals surface area contributed by atoms with Crippen molar-refractivity contribution in [3.8, 4) is 0 Å². The van der Waals surface area contributed by atoms with E-state index in [-0.39, 0.29) is 5.54 Å². The van der Waals surface area contributed by atoms with E-state index < -0.39 is 0 Å². The van der Waals surface area contributed by atoms with E-state index in [9.17, 15) is 0 Å². The lowest BCUT2D eigenvalue weighted by atomic mass is 9.81. The van der Waals surface area contributed by atoms with Gasteiger partial charge in [0.1, 0.15) is 5.82 Å². The number of nitrogens with one attached hydrogen (secondary N) is 2. The maximum absolute atomic E-state index is 4.28. The van der Waals surface area contributed by atoms with Crippen molar-refractivity contribution in [3.63, 3.8) is 0 Å². The van der Waals surface area contributed by atoms with Crippen LogP contribution in [0.1, 0.15) is 48.0 Å². The first-order valence-corrected chi connectivity index (χ1v) is 6.70. The molecule has 0 aliphatic rings. The topological polar surface area (TPSA) is 37.0 Å². The molecule has 2 N–H and O–H groups in total. The van der Waals surface area contributed by atoms with Crippen LogP contribution >= 0.6 is 0 Å². The summed E-state index contributed by atoms with van der Waals surface area (Å²) in [7, 11) is 0. The molecule has 1 aromatic rings.